The van der Waals surface area contributed by atoms with E-state index in [1.807, 2.05) is 59.4 Å². The van der Waals surface area contributed by atoms with Crippen LogP contribution in [0.15, 0.2) is 71.9 Å². The summed E-state index contributed by atoms with van der Waals surface area (Å²) in [6.07, 6.45) is 1.95. The van der Waals surface area contributed by atoms with Crippen LogP contribution in [0.25, 0.3) is 5.69 Å². The minimum atomic E-state index is 0.161. The van der Waals surface area contributed by atoms with Gasteiger partial charge in [-0.1, -0.05) is 30.3 Å². The van der Waals surface area contributed by atoms with E-state index in [9.17, 15) is 0 Å². The molecule has 140 valence electrons. The van der Waals surface area contributed by atoms with Crippen molar-refractivity contribution in [2.24, 2.45) is 4.99 Å². The van der Waals surface area contributed by atoms with Crippen LogP contribution in [0.3, 0.4) is 0 Å². The summed E-state index contributed by atoms with van der Waals surface area (Å²) in [5, 5.41) is 11.3. The second-order valence-corrected chi connectivity index (χ2v) is 6.15. The van der Waals surface area contributed by atoms with Crippen LogP contribution in [0, 0.1) is 0 Å². The van der Waals surface area contributed by atoms with Gasteiger partial charge in [-0.2, -0.15) is 5.10 Å². The fraction of sp³-hybridized carbons (Fsp3) is 0.238. The molecule has 2 aromatic carbocycles. The van der Waals surface area contributed by atoms with Gasteiger partial charge in [0.2, 0.25) is 0 Å². The summed E-state index contributed by atoms with van der Waals surface area (Å²) in [5.74, 6) is 1.57. The van der Waals surface area contributed by atoms with Crippen LogP contribution < -0.4 is 15.4 Å². The number of hydrogen-bond donors (Lipinski definition) is 2. The van der Waals surface area contributed by atoms with Gasteiger partial charge in [0.1, 0.15) is 5.75 Å². The molecule has 1 unspecified atom stereocenters. The Morgan fingerprint density at radius 1 is 1.11 bits per heavy atom. The molecule has 1 atom stereocenters. The average molecular weight is 363 g/mol. The van der Waals surface area contributed by atoms with Gasteiger partial charge < -0.3 is 15.4 Å². The molecule has 0 saturated carbocycles. The number of methoxy groups -OCH3 is 1. The molecule has 1 aromatic heterocycles. The standard InChI is InChI=1S/C21H25N5O/c1-16(17-7-5-4-6-8-17)24-21(22-2)23-15-18-13-14-26(25-18)19-9-11-20(27-3)12-10-19/h4-14,16H,15H2,1-3H3,(H2,22,23,24). The van der Waals surface area contributed by atoms with Crippen molar-refractivity contribution < 1.29 is 4.74 Å². The first-order valence-corrected chi connectivity index (χ1v) is 8.90. The lowest BCUT2D eigenvalue weighted by atomic mass is 10.1. The third kappa shape index (κ3) is 4.88. The number of nitrogens with zero attached hydrogens (tertiary/aromatic N) is 3. The molecular weight excluding hydrogens is 338 g/mol. The van der Waals surface area contributed by atoms with Crippen LogP contribution in [0.4, 0.5) is 0 Å². The highest BCUT2D eigenvalue weighted by Crippen LogP contribution is 2.14. The quantitative estimate of drug-likeness (QED) is 0.521. The van der Waals surface area contributed by atoms with E-state index in [1.165, 1.54) is 5.56 Å². The molecule has 1 heterocycles. The molecule has 0 aliphatic carbocycles. The summed E-state index contributed by atoms with van der Waals surface area (Å²) in [6.45, 7) is 2.70. The zero-order valence-corrected chi connectivity index (χ0v) is 15.9. The molecule has 27 heavy (non-hydrogen) atoms. The molecule has 0 aliphatic heterocycles. The van der Waals surface area contributed by atoms with Gasteiger partial charge in [0.25, 0.3) is 0 Å². The number of aliphatic imine (C=N–C) groups is 1. The SMILES string of the molecule is CN=C(NCc1ccn(-c2ccc(OC)cc2)n1)NC(C)c1ccccc1. The van der Waals surface area contributed by atoms with Gasteiger partial charge in [-0.25, -0.2) is 4.68 Å². The number of aromatic nitrogens is 2. The Hall–Kier alpha value is -3.28. The van der Waals surface area contributed by atoms with Crippen molar-refractivity contribution in [3.63, 3.8) is 0 Å². The van der Waals surface area contributed by atoms with Crippen molar-refractivity contribution in [2.75, 3.05) is 14.2 Å². The summed E-state index contributed by atoms with van der Waals surface area (Å²) in [5.41, 5.74) is 3.13. The van der Waals surface area contributed by atoms with E-state index in [4.69, 9.17) is 4.74 Å². The zero-order chi connectivity index (χ0) is 19.1. The third-order valence-electron chi connectivity index (χ3n) is 4.29. The minimum Gasteiger partial charge on any atom is -0.497 e. The van der Waals surface area contributed by atoms with Crippen molar-refractivity contribution in [3.8, 4) is 11.4 Å². The third-order valence-corrected chi connectivity index (χ3v) is 4.29. The van der Waals surface area contributed by atoms with E-state index in [0.29, 0.717) is 6.54 Å². The number of hydrogen-bond acceptors (Lipinski definition) is 3. The average Bonchev–Trinajstić information content (AvgIpc) is 3.20. The van der Waals surface area contributed by atoms with Gasteiger partial charge in [0, 0.05) is 13.2 Å². The molecule has 0 fully saturated rings. The lowest BCUT2D eigenvalue weighted by Gasteiger charge is -2.17. The molecule has 0 saturated heterocycles. The number of benzene rings is 2. The van der Waals surface area contributed by atoms with E-state index < -0.39 is 0 Å². The molecule has 0 spiro atoms. The number of ether oxygens (including phenoxy) is 1. The van der Waals surface area contributed by atoms with Gasteiger partial charge in [0.15, 0.2) is 5.96 Å². The first-order valence-electron chi connectivity index (χ1n) is 8.90. The Bertz CT molecular complexity index is 871. The normalized spacial score (nSPS) is 12.5. The van der Waals surface area contributed by atoms with Gasteiger partial charge in [0.05, 0.1) is 31.1 Å². The summed E-state index contributed by atoms with van der Waals surface area (Å²) in [4.78, 5) is 4.30. The molecule has 3 rings (SSSR count). The van der Waals surface area contributed by atoms with Crippen molar-refractivity contribution in [2.45, 2.75) is 19.5 Å². The van der Waals surface area contributed by atoms with E-state index in [2.05, 4.69) is 39.8 Å². The highest BCUT2D eigenvalue weighted by molar-refractivity contribution is 5.80. The van der Waals surface area contributed by atoms with Crippen molar-refractivity contribution in [1.82, 2.24) is 20.4 Å². The Labute approximate surface area is 159 Å². The highest BCUT2D eigenvalue weighted by Gasteiger charge is 2.08. The molecule has 0 aliphatic rings. The predicted octanol–water partition coefficient (Wildman–Crippen LogP) is 3.31. The Morgan fingerprint density at radius 2 is 1.85 bits per heavy atom. The van der Waals surface area contributed by atoms with Crippen LogP contribution in [-0.4, -0.2) is 29.9 Å². The lowest BCUT2D eigenvalue weighted by Crippen LogP contribution is -2.38. The molecule has 6 nitrogen and oxygen atoms in total. The van der Waals surface area contributed by atoms with E-state index in [1.54, 1.807) is 14.2 Å². The van der Waals surface area contributed by atoms with Crippen molar-refractivity contribution in [1.29, 1.82) is 0 Å². The Morgan fingerprint density at radius 3 is 2.52 bits per heavy atom. The lowest BCUT2D eigenvalue weighted by molar-refractivity contribution is 0.414. The summed E-state index contributed by atoms with van der Waals surface area (Å²) < 4.78 is 7.04. The molecule has 2 N–H and O–H groups in total. The molecule has 0 radical (unpaired) electrons. The zero-order valence-electron chi connectivity index (χ0n) is 15.9. The van der Waals surface area contributed by atoms with Crippen molar-refractivity contribution in [3.05, 3.63) is 78.1 Å². The van der Waals surface area contributed by atoms with Crippen LogP contribution in [-0.2, 0) is 6.54 Å². The van der Waals surface area contributed by atoms with E-state index >= 15 is 0 Å². The Balaban J connectivity index is 1.58. The fourth-order valence-corrected chi connectivity index (χ4v) is 2.73. The minimum absolute atomic E-state index is 0.161. The molecule has 3 aromatic rings. The van der Waals surface area contributed by atoms with E-state index in [-0.39, 0.29) is 6.04 Å². The maximum atomic E-state index is 5.19. The highest BCUT2D eigenvalue weighted by atomic mass is 16.5. The smallest absolute Gasteiger partial charge is 0.191 e. The van der Waals surface area contributed by atoms with Crippen LogP contribution in [0.1, 0.15) is 24.2 Å². The first kappa shape index (κ1) is 18.5. The molecule has 0 bridgehead atoms. The predicted molar refractivity (Wildman–Crippen MR) is 108 cm³/mol. The monoisotopic (exact) mass is 363 g/mol. The second kappa shape index (κ2) is 8.89. The van der Waals surface area contributed by atoms with Gasteiger partial charge in [-0.3, -0.25) is 4.99 Å². The molecule has 6 heteroatoms. The number of rotatable bonds is 6. The van der Waals surface area contributed by atoms with Gasteiger partial charge in [-0.05, 0) is 42.8 Å². The second-order valence-electron chi connectivity index (χ2n) is 6.15. The summed E-state index contributed by atoms with van der Waals surface area (Å²) in [7, 11) is 3.43. The van der Waals surface area contributed by atoms with Crippen LogP contribution >= 0.6 is 0 Å². The topological polar surface area (TPSA) is 63.5 Å². The summed E-state index contributed by atoms with van der Waals surface area (Å²) >= 11 is 0. The van der Waals surface area contributed by atoms with Crippen LogP contribution in [0.2, 0.25) is 0 Å². The fourth-order valence-electron chi connectivity index (χ4n) is 2.73. The largest absolute Gasteiger partial charge is 0.497 e. The van der Waals surface area contributed by atoms with Gasteiger partial charge >= 0.3 is 0 Å². The first-order chi connectivity index (χ1) is 13.2. The number of nitrogens with one attached hydrogen (secondary N) is 2. The maximum absolute atomic E-state index is 5.19. The van der Waals surface area contributed by atoms with Gasteiger partial charge in [-0.15, -0.1) is 0 Å². The Kier molecular flexibility index (Phi) is 6.10. The summed E-state index contributed by atoms with van der Waals surface area (Å²) in [6, 6.07) is 20.2. The molecular formula is C21H25N5O. The number of guanidine groups is 1. The van der Waals surface area contributed by atoms with E-state index in [0.717, 1.165) is 23.1 Å². The maximum Gasteiger partial charge on any atom is 0.191 e. The molecule has 0 amide bonds. The van der Waals surface area contributed by atoms with Crippen molar-refractivity contribution >= 4 is 5.96 Å². The van der Waals surface area contributed by atoms with Crippen LogP contribution in [0.5, 0.6) is 5.75 Å².